The van der Waals surface area contributed by atoms with Crippen molar-refractivity contribution in [3.63, 3.8) is 0 Å². The van der Waals surface area contributed by atoms with Gasteiger partial charge in [0.25, 0.3) is 5.91 Å². The lowest BCUT2D eigenvalue weighted by atomic mass is 10.0. The van der Waals surface area contributed by atoms with Crippen LogP contribution in [0.15, 0.2) is 30.3 Å². The molecule has 11 atom stereocenters. The number of hydrogen-bond donors (Lipinski definition) is 15. The van der Waals surface area contributed by atoms with Gasteiger partial charge in [-0.1, -0.05) is 30.3 Å². The third-order valence-electron chi connectivity index (χ3n) is 9.95. The van der Waals surface area contributed by atoms with E-state index in [0.29, 0.717) is 44.3 Å². The molecule has 0 fully saturated rings. The molecule has 25 heteroatoms. The van der Waals surface area contributed by atoms with Crippen LogP contribution in [0.1, 0.15) is 71.3 Å². The van der Waals surface area contributed by atoms with Crippen LogP contribution in [0.2, 0.25) is 0 Å². The second kappa shape index (κ2) is 29.9. The van der Waals surface area contributed by atoms with Crippen molar-refractivity contribution in [1.29, 1.82) is 0 Å². The molecule has 1 rings (SSSR count). The first-order chi connectivity index (χ1) is 30.6. The summed E-state index contributed by atoms with van der Waals surface area (Å²) in [6.45, 7) is 4.48. The van der Waals surface area contributed by atoms with Gasteiger partial charge in [0.15, 0.2) is 6.04 Å². The molecule has 0 bridgehead atoms. The van der Waals surface area contributed by atoms with Crippen molar-refractivity contribution in [3.8, 4) is 0 Å². The molecule has 0 saturated carbocycles. The minimum atomic E-state index is -1.89. The summed E-state index contributed by atoms with van der Waals surface area (Å²) < 4.78 is 0. The monoisotopic (exact) mass is 943 g/mol. The molecule has 366 valence electrons. The molecule has 21 N–H and O–H groups in total. The number of unbranched alkanes of at least 4 members (excludes halogenated alkanes) is 2. The van der Waals surface area contributed by atoms with Crippen LogP contribution >= 0.6 is 12.6 Å². The molecule has 0 aliphatic carbocycles. The number of aliphatic hydroxyl groups excluding tert-OH is 3. The van der Waals surface area contributed by atoms with E-state index < -0.39 is 126 Å². The lowest BCUT2D eigenvalue weighted by Crippen LogP contribution is -2.70. The summed E-state index contributed by atoms with van der Waals surface area (Å²) in [4.78, 5) is 117. The van der Waals surface area contributed by atoms with Crippen molar-refractivity contribution in [1.82, 2.24) is 37.2 Å². The summed E-state index contributed by atoms with van der Waals surface area (Å²) in [5, 5.41) is 59.7. The number of benzene rings is 1. The van der Waals surface area contributed by atoms with Gasteiger partial charge in [-0.05, 0) is 64.9 Å². The molecule has 0 radical (unpaired) electrons. The number of primary amides is 1. The number of hydrogen-bond acceptors (Lipinski definition) is 14. The number of amides is 8. The Labute approximate surface area is 382 Å². The number of carboxylic acid groups (broad SMARTS) is 1. The van der Waals surface area contributed by atoms with Crippen LogP contribution in [0.4, 0.5) is 0 Å². The largest absolute Gasteiger partial charge is 0.548 e. The molecule has 0 aliphatic rings. The van der Waals surface area contributed by atoms with E-state index in [0.717, 1.165) is 6.92 Å². The number of thiol groups is 1. The van der Waals surface area contributed by atoms with Crippen LogP contribution in [0, 0.1) is 0 Å². The Kier molecular flexibility index (Phi) is 26.5. The molecule has 1 aromatic carbocycles. The molecule has 0 saturated heterocycles. The number of aliphatic carboxylic acids is 1. The van der Waals surface area contributed by atoms with Crippen LogP contribution in [0.5, 0.6) is 0 Å². The normalized spacial score (nSPS) is 16.2. The Morgan fingerprint density at radius 2 is 0.954 bits per heavy atom. The molecule has 0 spiro atoms. The number of nitrogens with two attached hydrogens (primary N) is 1. The third kappa shape index (κ3) is 21.0. The second-order valence-electron chi connectivity index (χ2n) is 15.7. The van der Waals surface area contributed by atoms with E-state index in [1.807, 2.05) is 5.32 Å². The molecule has 0 aliphatic heterocycles. The number of carbonyl (C=O) groups is 9. The second-order valence-corrected chi connectivity index (χ2v) is 16.0. The summed E-state index contributed by atoms with van der Waals surface area (Å²) in [6, 6.07) is -3.48. The fourth-order valence-corrected chi connectivity index (χ4v) is 6.34. The Morgan fingerprint density at radius 3 is 1.32 bits per heavy atom. The molecule has 0 heterocycles. The number of rotatable bonds is 31. The first-order valence-electron chi connectivity index (χ1n) is 21.3. The van der Waals surface area contributed by atoms with Crippen LogP contribution in [-0.4, -0.2) is 154 Å². The Hall–Kier alpha value is -5.44. The molecule has 65 heavy (non-hydrogen) atoms. The van der Waals surface area contributed by atoms with Crippen LogP contribution < -0.4 is 65.3 Å². The third-order valence-corrected chi connectivity index (χ3v) is 10.4. The highest BCUT2D eigenvalue weighted by molar-refractivity contribution is 7.80. The average molecular weight is 944 g/mol. The summed E-state index contributed by atoms with van der Waals surface area (Å²) in [5.74, 6) is -9.58. The predicted molar refractivity (Wildman–Crippen MR) is 231 cm³/mol. The van der Waals surface area contributed by atoms with Crippen LogP contribution in [0.25, 0.3) is 0 Å². The van der Waals surface area contributed by atoms with Gasteiger partial charge in [-0.25, -0.2) is 0 Å². The number of aliphatic hydroxyl groups is 3. The highest BCUT2D eigenvalue weighted by atomic mass is 32.1. The number of carboxylic acids is 1. The van der Waals surface area contributed by atoms with E-state index in [9.17, 15) is 63.6 Å². The zero-order valence-electron chi connectivity index (χ0n) is 37.1. The predicted octanol–water partition coefficient (Wildman–Crippen LogP) is -9.24. The number of quaternary nitrogens is 3. The molecule has 0 unspecified atom stereocenters. The van der Waals surface area contributed by atoms with Gasteiger partial charge in [0.05, 0.1) is 55.6 Å². The summed E-state index contributed by atoms with van der Waals surface area (Å²) in [5.41, 5.74) is 16.9. The van der Waals surface area contributed by atoms with Crippen molar-refractivity contribution in [2.75, 3.05) is 18.8 Å². The van der Waals surface area contributed by atoms with Gasteiger partial charge in [0, 0.05) is 6.42 Å². The van der Waals surface area contributed by atoms with Crippen molar-refractivity contribution < 1.29 is 80.8 Å². The Balaban J connectivity index is 3.45. The minimum Gasteiger partial charge on any atom is -0.548 e. The smallest absolute Gasteiger partial charge is 0.279 e. The topological polar surface area (TPSA) is 431 Å². The lowest BCUT2D eigenvalue weighted by Gasteiger charge is -2.29. The first kappa shape index (κ1) is 57.6. The van der Waals surface area contributed by atoms with Gasteiger partial charge < -0.3 is 85.4 Å². The molecule has 1 aromatic rings. The molecular weight excluding hydrogens is 875 g/mol. The van der Waals surface area contributed by atoms with Gasteiger partial charge >= 0.3 is 0 Å². The summed E-state index contributed by atoms with van der Waals surface area (Å²) in [6.07, 6.45) is -3.97. The van der Waals surface area contributed by atoms with Crippen molar-refractivity contribution in [3.05, 3.63) is 35.9 Å². The van der Waals surface area contributed by atoms with Crippen LogP contribution in [0.3, 0.4) is 0 Å². The molecular formula is C40H69N11O13S+2. The van der Waals surface area contributed by atoms with Gasteiger partial charge in [0.1, 0.15) is 36.3 Å². The maximum atomic E-state index is 14.1. The van der Waals surface area contributed by atoms with Gasteiger partial charge in [-0.3, -0.25) is 38.4 Å². The fraction of sp³-hybridized carbons (Fsp3) is 0.625. The van der Waals surface area contributed by atoms with E-state index in [2.05, 4.69) is 61.7 Å². The van der Waals surface area contributed by atoms with Gasteiger partial charge in [0.2, 0.25) is 41.4 Å². The van der Waals surface area contributed by atoms with Crippen molar-refractivity contribution >= 4 is 65.9 Å². The lowest BCUT2D eigenvalue weighted by molar-refractivity contribution is -0.396. The van der Waals surface area contributed by atoms with Crippen molar-refractivity contribution in [2.24, 2.45) is 5.73 Å². The summed E-state index contributed by atoms with van der Waals surface area (Å²) in [7, 11) is 0. The average Bonchev–Trinajstić information content (AvgIpc) is 3.24. The van der Waals surface area contributed by atoms with E-state index >= 15 is 0 Å². The minimum absolute atomic E-state index is 0.00530. The standard InChI is InChI=1S/C40H67N11O13S/c1-20(52)30(49-33(56)24(43)19-65)38(61)47-27(17-23-11-5-4-6-12-23)36(59)45-25(13-7-9-15-41)34(57)50-31(21(2)53)37(60)46-26(14-8-10-16-42)35(58)51-32(22(3)54)39(62)48-28(40(63)64)18-29(44)55/h4-6,11-12,20-22,24-28,30-32,52-54,65H,7-10,13-19,41-43H2,1-3H3,(H2,44,55)(H,45,59)(H,46,60)(H,47,61)(H,48,62)(H,49,56)(H,50,57)(H,51,58)(H,63,64)/p+2/t20-,21-,22-,24+,25+,26+,27+,28+,30+,31+,32+/m1/s1. The quantitative estimate of drug-likeness (QED) is 0.0243. The molecule has 24 nitrogen and oxygen atoms in total. The number of carbonyl (C=O) groups excluding carboxylic acids is 9. The number of nitrogens with one attached hydrogen (secondary N) is 7. The summed E-state index contributed by atoms with van der Waals surface area (Å²) >= 11 is 4.05. The fourth-order valence-electron chi connectivity index (χ4n) is 6.18. The van der Waals surface area contributed by atoms with Gasteiger partial charge in [-0.2, -0.15) is 12.6 Å². The maximum Gasteiger partial charge on any atom is 0.279 e. The highest BCUT2D eigenvalue weighted by Crippen LogP contribution is 2.10. The SMILES string of the molecule is C[C@@H](O)[C@H](NC(=O)[C@H](CCCC[NH3+])NC(=O)[C@@H](NC(=O)[C@H](CCCC[NH3+])NC(=O)[C@H](Cc1ccccc1)NC(=O)[C@@H](NC(=O)[C@@H]([NH3+])CS)[C@@H](C)O)[C@@H](C)O)C(=O)N[C@@H](CC(N)=O)C(=O)[O-]. The van der Waals surface area contributed by atoms with E-state index in [-0.39, 0.29) is 25.0 Å². The molecule has 8 amide bonds. The Bertz CT molecular complexity index is 1740. The zero-order valence-corrected chi connectivity index (χ0v) is 38.0. The highest BCUT2D eigenvalue weighted by Gasteiger charge is 2.37. The van der Waals surface area contributed by atoms with Crippen LogP contribution in [-0.2, 0) is 49.6 Å². The van der Waals surface area contributed by atoms with E-state index in [1.54, 1.807) is 30.3 Å². The first-order valence-corrected chi connectivity index (χ1v) is 21.9. The van der Waals surface area contributed by atoms with Gasteiger partial charge in [-0.15, -0.1) is 0 Å². The van der Waals surface area contributed by atoms with Crippen molar-refractivity contribution in [2.45, 2.75) is 139 Å². The van der Waals surface area contributed by atoms with E-state index in [1.165, 1.54) is 13.8 Å². The Morgan fingerprint density at radius 1 is 0.585 bits per heavy atom. The maximum absolute atomic E-state index is 14.1. The zero-order chi connectivity index (χ0) is 49.4. The van der Waals surface area contributed by atoms with E-state index in [4.69, 9.17) is 5.73 Å². The molecule has 0 aromatic heterocycles.